The number of carbonyl (C=O) groups excluding carboxylic acids is 1. The summed E-state index contributed by atoms with van der Waals surface area (Å²) in [7, 11) is 0. The molecule has 0 aromatic carbocycles. The molecule has 1 aliphatic rings. The summed E-state index contributed by atoms with van der Waals surface area (Å²) >= 11 is 5.42. The highest BCUT2D eigenvalue weighted by molar-refractivity contribution is 6.32. The minimum Gasteiger partial charge on any atom is -0.315 e. The zero-order valence-corrected chi connectivity index (χ0v) is 5.17. The Labute approximate surface area is 56.4 Å². The number of halogens is 1. The van der Waals surface area contributed by atoms with Crippen molar-refractivity contribution in [3.8, 4) is 0 Å². The van der Waals surface area contributed by atoms with Crippen molar-refractivity contribution in [1.82, 2.24) is 0 Å². The molecule has 0 saturated heterocycles. The maximum atomic E-state index is 10.5. The van der Waals surface area contributed by atoms with Gasteiger partial charge in [0.2, 0.25) is 0 Å². The Kier molecular flexibility index (Phi) is 1.59. The monoisotopic (exact) mass is 145 g/mol. The highest BCUT2D eigenvalue weighted by Gasteiger charge is 2.18. The van der Waals surface area contributed by atoms with E-state index in [0.29, 0.717) is 0 Å². The second kappa shape index (κ2) is 2.24. The van der Waals surface area contributed by atoms with E-state index in [9.17, 15) is 4.79 Å². The van der Waals surface area contributed by atoms with Crippen molar-refractivity contribution in [1.29, 1.82) is 0 Å². The summed E-state index contributed by atoms with van der Waals surface area (Å²) in [4.78, 5) is 10.5. The molecule has 0 fully saturated rings. The number of hydrogen-bond acceptors (Lipinski definition) is 3. The van der Waals surface area contributed by atoms with Gasteiger partial charge < -0.3 is 5.73 Å². The van der Waals surface area contributed by atoms with Crippen LogP contribution in [-0.2, 0) is 4.79 Å². The maximum Gasteiger partial charge on any atom is 0.286 e. The fourth-order valence-corrected chi connectivity index (χ4v) is 0.538. The Morgan fingerprint density at radius 3 is 2.89 bits per heavy atom. The summed E-state index contributed by atoms with van der Waals surface area (Å²) in [5.41, 5.74) is 5.22. The van der Waals surface area contributed by atoms with Crippen LogP contribution < -0.4 is 5.73 Å². The average molecular weight is 146 g/mol. The molecule has 1 heterocycles. The molecule has 0 aromatic heterocycles. The van der Waals surface area contributed by atoms with E-state index in [4.69, 9.17) is 17.3 Å². The first-order valence-corrected chi connectivity index (χ1v) is 2.65. The van der Waals surface area contributed by atoms with Gasteiger partial charge in [0.15, 0.2) is 0 Å². The Morgan fingerprint density at radius 2 is 2.44 bits per heavy atom. The Hall–Kier alpha value is -0.740. The summed E-state index contributed by atoms with van der Waals surface area (Å²) in [5, 5.41) is 6.68. The lowest BCUT2D eigenvalue weighted by Crippen LogP contribution is -2.30. The van der Waals surface area contributed by atoms with Gasteiger partial charge in [-0.1, -0.05) is 11.6 Å². The molecule has 1 rings (SSSR count). The van der Waals surface area contributed by atoms with E-state index >= 15 is 0 Å². The van der Waals surface area contributed by atoms with E-state index < -0.39 is 11.9 Å². The van der Waals surface area contributed by atoms with Crippen molar-refractivity contribution >= 4 is 17.5 Å². The predicted octanol–water partition coefficient (Wildman–Crippen LogP) is 0.386. The molecule has 0 radical (unpaired) electrons. The van der Waals surface area contributed by atoms with Crippen LogP contribution in [0.15, 0.2) is 21.5 Å². The molecule has 0 saturated carbocycles. The van der Waals surface area contributed by atoms with Gasteiger partial charge in [-0.25, -0.2) is 0 Å². The van der Waals surface area contributed by atoms with Crippen molar-refractivity contribution in [3.05, 3.63) is 11.2 Å². The molecule has 0 spiro atoms. The molecule has 1 aliphatic heterocycles. The van der Waals surface area contributed by atoms with Crippen molar-refractivity contribution in [2.75, 3.05) is 0 Å². The molecule has 1 atom stereocenters. The first kappa shape index (κ1) is 6.38. The van der Waals surface area contributed by atoms with Gasteiger partial charge in [0, 0.05) is 0 Å². The number of nitrogens with two attached hydrogens (primary N) is 1. The molecule has 1 amide bonds. The number of amides is 1. The molecular formula is C4H4ClN3O. The number of rotatable bonds is 0. The molecule has 9 heavy (non-hydrogen) atoms. The summed E-state index contributed by atoms with van der Waals surface area (Å²) < 4.78 is 0. The van der Waals surface area contributed by atoms with Crippen molar-refractivity contribution in [2.45, 2.75) is 6.04 Å². The third kappa shape index (κ3) is 1.14. The van der Waals surface area contributed by atoms with E-state index in [-0.39, 0.29) is 5.03 Å². The number of carbonyl (C=O) groups is 1. The van der Waals surface area contributed by atoms with Crippen LogP contribution in [0.25, 0.3) is 0 Å². The summed E-state index contributed by atoms with van der Waals surface area (Å²) in [6.45, 7) is 0. The van der Waals surface area contributed by atoms with Gasteiger partial charge in [-0.05, 0) is 0 Å². The molecule has 0 aromatic rings. The van der Waals surface area contributed by atoms with Gasteiger partial charge in [0.1, 0.15) is 6.04 Å². The lowest BCUT2D eigenvalue weighted by atomic mass is 10.3. The normalized spacial score (nSPS) is 26.2. The van der Waals surface area contributed by atoms with E-state index in [1.165, 1.54) is 6.20 Å². The van der Waals surface area contributed by atoms with Gasteiger partial charge in [0.25, 0.3) is 5.91 Å². The van der Waals surface area contributed by atoms with Crippen LogP contribution in [0.4, 0.5) is 0 Å². The summed E-state index contributed by atoms with van der Waals surface area (Å²) in [5.74, 6) is -0.498. The molecule has 4 nitrogen and oxygen atoms in total. The van der Waals surface area contributed by atoms with E-state index in [1.807, 2.05) is 0 Å². The van der Waals surface area contributed by atoms with Gasteiger partial charge in [-0.15, -0.1) is 5.11 Å². The number of hydrogen-bond donors (Lipinski definition) is 1. The van der Waals surface area contributed by atoms with Gasteiger partial charge in [0.05, 0.1) is 11.2 Å². The Morgan fingerprint density at radius 1 is 1.78 bits per heavy atom. The Balaban J connectivity index is 2.86. The minimum atomic E-state index is -0.802. The summed E-state index contributed by atoms with van der Waals surface area (Å²) in [6.07, 6.45) is 1.26. The molecular weight excluding hydrogens is 142 g/mol. The van der Waals surface area contributed by atoms with Gasteiger partial charge >= 0.3 is 0 Å². The van der Waals surface area contributed by atoms with Crippen LogP contribution in [-0.4, -0.2) is 11.9 Å². The van der Waals surface area contributed by atoms with E-state index in [0.717, 1.165) is 0 Å². The third-order valence-corrected chi connectivity index (χ3v) is 1.23. The maximum absolute atomic E-state index is 10.5. The van der Waals surface area contributed by atoms with Gasteiger partial charge in [-0.2, -0.15) is 5.11 Å². The average Bonchev–Trinajstić information content (AvgIpc) is 1.83. The second-order valence-corrected chi connectivity index (χ2v) is 1.98. The number of nitrogens with zero attached hydrogens (tertiary/aromatic N) is 2. The molecule has 0 aliphatic carbocycles. The molecule has 5 heteroatoms. The van der Waals surface area contributed by atoms with Crippen LogP contribution >= 0.6 is 11.6 Å². The minimum absolute atomic E-state index is 0.231. The highest BCUT2D eigenvalue weighted by atomic mass is 35.5. The first-order chi connectivity index (χ1) is 4.22. The quantitative estimate of drug-likeness (QED) is 0.536. The number of azo groups is 1. The van der Waals surface area contributed by atoms with Crippen molar-refractivity contribution in [3.63, 3.8) is 0 Å². The fraction of sp³-hybridized carbons (Fsp3) is 0.250. The smallest absolute Gasteiger partial charge is 0.286 e. The lowest BCUT2D eigenvalue weighted by molar-refractivity contribution is -0.118. The Bertz CT molecular complexity index is 198. The van der Waals surface area contributed by atoms with E-state index in [1.54, 1.807) is 0 Å². The second-order valence-electron chi connectivity index (χ2n) is 1.55. The first-order valence-electron chi connectivity index (χ1n) is 2.27. The summed E-state index contributed by atoms with van der Waals surface area (Å²) in [6, 6.07) is -0.802. The topological polar surface area (TPSA) is 67.8 Å². The molecule has 0 bridgehead atoms. The molecule has 48 valence electrons. The van der Waals surface area contributed by atoms with Crippen molar-refractivity contribution in [2.24, 2.45) is 16.0 Å². The molecule has 1 unspecified atom stereocenters. The van der Waals surface area contributed by atoms with E-state index in [2.05, 4.69) is 10.2 Å². The van der Waals surface area contributed by atoms with Crippen LogP contribution in [0.2, 0.25) is 0 Å². The van der Waals surface area contributed by atoms with Crippen LogP contribution in [0.3, 0.4) is 0 Å². The zero-order valence-electron chi connectivity index (χ0n) is 4.41. The SMILES string of the molecule is NC1C(=O)N=NC=C1Cl. The highest BCUT2D eigenvalue weighted by Crippen LogP contribution is 2.11. The molecule has 2 N–H and O–H groups in total. The zero-order chi connectivity index (χ0) is 6.85. The largest absolute Gasteiger partial charge is 0.315 e. The fourth-order valence-electron chi connectivity index (χ4n) is 0.401. The van der Waals surface area contributed by atoms with Crippen LogP contribution in [0.1, 0.15) is 0 Å². The lowest BCUT2D eigenvalue weighted by Gasteiger charge is -2.05. The van der Waals surface area contributed by atoms with Crippen molar-refractivity contribution < 1.29 is 4.79 Å². The predicted molar refractivity (Wildman–Crippen MR) is 31.8 cm³/mol. The standard InChI is InChI=1S/C4H4ClN3O/c5-2-1-7-8-4(9)3(2)6/h1,3H,6H2. The van der Waals surface area contributed by atoms with Crippen LogP contribution in [0, 0.1) is 0 Å². The van der Waals surface area contributed by atoms with Gasteiger partial charge in [-0.3, -0.25) is 4.79 Å². The third-order valence-electron chi connectivity index (χ3n) is 0.901. The van der Waals surface area contributed by atoms with Crippen LogP contribution in [0.5, 0.6) is 0 Å².